The summed E-state index contributed by atoms with van der Waals surface area (Å²) in [5.41, 5.74) is 0. The van der Waals surface area contributed by atoms with Crippen molar-refractivity contribution in [3.63, 3.8) is 0 Å². The first-order valence-electron chi connectivity index (χ1n) is 5.97. The smallest absolute Gasteiger partial charge is 0.273 e. The average Bonchev–Trinajstić information content (AvgIpc) is 2.63. The Kier molecular flexibility index (Phi) is 3.44. The molecule has 1 aliphatic heterocycles. The lowest BCUT2D eigenvalue weighted by Crippen LogP contribution is -2.19. The van der Waals surface area contributed by atoms with Gasteiger partial charge in [-0.2, -0.15) is 0 Å². The normalized spacial score (nSPS) is 33.2. The van der Waals surface area contributed by atoms with E-state index in [2.05, 4.69) is 18.3 Å². The van der Waals surface area contributed by atoms with Crippen molar-refractivity contribution in [2.75, 3.05) is 0 Å². The lowest BCUT2D eigenvalue weighted by Gasteiger charge is -2.22. The predicted molar refractivity (Wildman–Crippen MR) is 57.6 cm³/mol. The molecule has 0 aromatic rings. The van der Waals surface area contributed by atoms with Crippen LogP contribution in [0.15, 0.2) is 4.99 Å². The Morgan fingerprint density at radius 3 is 2.64 bits per heavy atom. The van der Waals surface area contributed by atoms with Crippen molar-refractivity contribution in [3.05, 3.63) is 0 Å². The van der Waals surface area contributed by atoms with E-state index in [1.807, 2.05) is 0 Å². The van der Waals surface area contributed by atoms with Gasteiger partial charge in [-0.1, -0.05) is 32.1 Å². The van der Waals surface area contributed by atoms with Gasteiger partial charge in [0.25, 0.3) is 6.40 Å². The van der Waals surface area contributed by atoms with Crippen LogP contribution in [-0.2, 0) is 4.74 Å². The fourth-order valence-corrected chi connectivity index (χ4v) is 2.55. The molecule has 0 saturated heterocycles. The summed E-state index contributed by atoms with van der Waals surface area (Å²) >= 11 is 0. The summed E-state index contributed by atoms with van der Waals surface area (Å²) in [5.74, 6) is 0.965. The molecule has 1 radical (unpaired) electrons. The Bertz CT molecular complexity index is 196. The zero-order chi connectivity index (χ0) is 9.80. The highest BCUT2D eigenvalue weighted by Crippen LogP contribution is 2.29. The summed E-state index contributed by atoms with van der Waals surface area (Å²) in [7, 11) is 0. The van der Waals surface area contributed by atoms with E-state index in [1.165, 1.54) is 44.9 Å². The molecular weight excluding hydrogens is 174 g/mol. The summed E-state index contributed by atoms with van der Waals surface area (Å²) in [5, 5.41) is 0. The van der Waals surface area contributed by atoms with Crippen LogP contribution in [0.5, 0.6) is 0 Å². The van der Waals surface area contributed by atoms with Crippen LogP contribution in [0.2, 0.25) is 0 Å². The number of ether oxygens (including phenoxy) is 1. The first-order chi connectivity index (χ1) is 6.86. The molecule has 0 spiro atoms. The van der Waals surface area contributed by atoms with Crippen molar-refractivity contribution in [2.24, 2.45) is 10.9 Å². The van der Waals surface area contributed by atoms with Crippen molar-refractivity contribution in [3.8, 4) is 0 Å². The Balaban J connectivity index is 1.68. The largest absolute Gasteiger partial charge is 0.469 e. The van der Waals surface area contributed by atoms with Crippen molar-refractivity contribution >= 4 is 6.40 Å². The molecule has 0 aromatic carbocycles. The van der Waals surface area contributed by atoms with Crippen LogP contribution in [0.25, 0.3) is 0 Å². The minimum Gasteiger partial charge on any atom is -0.469 e. The van der Waals surface area contributed by atoms with Crippen LogP contribution in [-0.4, -0.2) is 18.5 Å². The maximum Gasteiger partial charge on any atom is 0.273 e. The first kappa shape index (κ1) is 10.0. The minimum absolute atomic E-state index is 0.263. The first-order valence-corrected chi connectivity index (χ1v) is 5.97. The molecule has 0 bridgehead atoms. The van der Waals surface area contributed by atoms with Crippen LogP contribution in [0, 0.1) is 5.92 Å². The number of hydrogen-bond acceptors (Lipinski definition) is 2. The highest BCUT2D eigenvalue weighted by molar-refractivity contribution is 5.49. The van der Waals surface area contributed by atoms with Gasteiger partial charge < -0.3 is 4.74 Å². The summed E-state index contributed by atoms with van der Waals surface area (Å²) in [6, 6.07) is 0.386. The van der Waals surface area contributed by atoms with Gasteiger partial charge in [0, 0.05) is 0 Å². The summed E-state index contributed by atoms with van der Waals surface area (Å²) in [6.45, 7) is 2.09. The molecule has 0 amide bonds. The summed E-state index contributed by atoms with van der Waals surface area (Å²) in [6.07, 6.45) is 12.6. The van der Waals surface area contributed by atoms with Gasteiger partial charge in [0.2, 0.25) is 0 Å². The molecule has 0 N–H and O–H groups in total. The molecule has 2 nitrogen and oxygen atoms in total. The third-order valence-corrected chi connectivity index (χ3v) is 3.59. The second-order valence-corrected chi connectivity index (χ2v) is 4.69. The van der Waals surface area contributed by atoms with E-state index in [-0.39, 0.29) is 6.10 Å². The van der Waals surface area contributed by atoms with Crippen LogP contribution in [0.3, 0.4) is 0 Å². The Morgan fingerprint density at radius 1 is 1.21 bits per heavy atom. The summed E-state index contributed by atoms with van der Waals surface area (Å²) < 4.78 is 5.19. The predicted octanol–water partition coefficient (Wildman–Crippen LogP) is 3.04. The fourth-order valence-electron chi connectivity index (χ4n) is 2.55. The third-order valence-electron chi connectivity index (χ3n) is 3.59. The van der Waals surface area contributed by atoms with Crippen molar-refractivity contribution in [2.45, 2.75) is 64.0 Å². The monoisotopic (exact) mass is 194 g/mol. The highest BCUT2D eigenvalue weighted by Gasteiger charge is 2.23. The molecule has 1 heterocycles. The third kappa shape index (κ3) is 2.49. The van der Waals surface area contributed by atoms with Crippen LogP contribution in [0.1, 0.15) is 51.9 Å². The maximum atomic E-state index is 5.19. The number of rotatable bonds is 3. The Labute approximate surface area is 86.8 Å². The second kappa shape index (κ2) is 4.81. The van der Waals surface area contributed by atoms with Crippen LogP contribution in [0.4, 0.5) is 0 Å². The lowest BCUT2D eigenvalue weighted by molar-refractivity contribution is 0.206. The van der Waals surface area contributed by atoms with Gasteiger partial charge in [-0.15, -0.1) is 0 Å². The van der Waals surface area contributed by atoms with E-state index in [4.69, 9.17) is 4.74 Å². The van der Waals surface area contributed by atoms with Crippen molar-refractivity contribution in [1.82, 2.24) is 0 Å². The quantitative estimate of drug-likeness (QED) is 0.676. The van der Waals surface area contributed by atoms with Gasteiger partial charge in [0.1, 0.15) is 6.10 Å². The van der Waals surface area contributed by atoms with E-state index >= 15 is 0 Å². The highest BCUT2D eigenvalue weighted by atomic mass is 16.5. The molecule has 2 heteroatoms. The molecule has 14 heavy (non-hydrogen) atoms. The van der Waals surface area contributed by atoms with Gasteiger partial charge in [-0.3, -0.25) is 0 Å². The van der Waals surface area contributed by atoms with E-state index < -0.39 is 0 Å². The molecule has 0 aromatic heterocycles. The Hall–Kier alpha value is -0.530. The Morgan fingerprint density at radius 2 is 2.00 bits per heavy atom. The van der Waals surface area contributed by atoms with Gasteiger partial charge in [-0.05, 0) is 25.7 Å². The standard InChI is InChI=1S/C12H20NO/c1-10-12(13-9-14-10)8-7-11-5-3-2-4-6-11/h10-12H,2-8H2,1H3. The molecule has 1 fully saturated rings. The molecule has 2 unspecified atom stereocenters. The molecule has 1 aliphatic carbocycles. The lowest BCUT2D eigenvalue weighted by atomic mass is 9.85. The minimum atomic E-state index is 0.263. The van der Waals surface area contributed by atoms with Gasteiger partial charge >= 0.3 is 0 Å². The SMILES string of the molecule is CC1O[C]=NC1CCC1CCCCC1. The van der Waals surface area contributed by atoms with E-state index in [0.29, 0.717) is 6.04 Å². The zero-order valence-electron chi connectivity index (χ0n) is 9.04. The fraction of sp³-hybridized carbons (Fsp3) is 0.917. The topological polar surface area (TPSA) is 21.6 Å². The number of nitrogens with zero attached hydrogens (tertiary/aromatic N) is 1. The van der Waals surface area contributed by atoms with E-state index in [0.717, 1.165) is 5.92 Å². The van der Waals surface area contributed by atoms with Gasteiger partial charge in [0.15, 0.2) is 0 Å². The molecular formula is C12H20NO. The van der Waals surface area contributed by atoms with E-state index in [9.17, 15) is 0 Å². The van der Waals surface area contributed by atoms with E-state index in [1.54, 1.807) is 0 Å². The molecule has 2 rings (SSSR count). The van der Waals surface area contributed by atoms with Crippen LogP contribution >= 0.6 is 0 Å². The maximum absolute atomic E-state index is 5.19. The van der Waals surface area contributed by atoms with Crippen molar-refractivity contribution < 1.29 is 4.74 Å². The van der Waals surface area contributed by atoms with Gasteiger partial charge in [0.05, 0.1) is 6.04 Å². The molecule has 1 saturated carbocycles. The molecule has 79 valence electrons. The summed E-state index contributed by atoms with van der Waals surface area (Å²) in [4.78, 5) is 4.23. The van der Waals surface area contributed by atoms with Crippen LogP contribution < -0.4 is 0 Å². The second-order valence-electron chi connectivity index (χ2n) is 4.69. The molecule has 2 aliphatic rings. The van der Waals surface area contributed by atoms with Crippen molar-refractivity contribution in [1.29, 1.82) is 0 Å². The average molecular weight is 194 g/mol. The molecule has 2 atom stereocenters. The number of hydrogen-bond donors (Lipinski definition) is 0. The zero-order valence-corrected chi connectivity index (χ0v) is 9.04. The van der Waals surface area contributed by atoms with Gasteiger partial charge in [-0.25, -0.2) is 4.99 Å². The number of aliphatic imine (C=N–C) groups is 1.